The fraction of sp³-hybridized carbons (Fsp3) is 0.471. The molecule has 0 amide bonds. The van der Waals surface area contributed by atoms with Gasteiger partial charge in [0.05, 0.1) is 6.33 Å². The summed E-state index contributed by atoms with van der Waals surface area (Å²) in [6.07, 6.45) is 11.9. The number of nitrogens with one attached hydrogen (secondary N) is 1. The molecule has 0 atom stereocenters. The molecule has 20 heavy (non-hydrogen) atoms. The Balaban J connectivity index is 1.39. The molecule has 3 nitrogen and oxygen atoms in total. The summed E-state index contributed by atoms with van der Waals surface area (Å²) in [7, 11) is 0. The molecule has 2 aromatic rings. The molecule has 2 rings (SSSR count). The minimum atomic E-state index is 1.09. The van der Waals surface area contributed by atoms with E-state index in [1.807, 2.05) is 18.7 Å². The van der Waals surface area contributed by atoms with Crippen molar-refractivity contribution in [3.05, 3.63) is 54.6 Å². The minimum absolute atomic E-state index is 1.09. The molecule has 0 spiro atoms. The number of imidazole rings is 1. The monoisotopic (exact) mass is 271 g/mol. The van der Waals surface area contributed by atoms with Gasteiger partial charge >= 0.3 is 0 Å². The number of nitrogens with zero attached hydrogens (tertiary/aromatic N) is 2. The molecule has 0 aliphatic heterocycles. The van der Waals surface area contributed by atoms with Gasteiger partial charge in [-0.25, -0.2) is 4.98 Å². The first-order valence-electron chi connectivity index (χ1n) is 7.65. The zero-order valence-electron chi connectivity index (χ0n) is 12.2. The highest BCUT2D eigenvalue weighted by atomic mass is 15.0. The van der Waals surface area contributed by atoms with Crippen LogP contribution >= 0.6 is 0 Å². The Labute approximate surface area is 122 Å². The van der Waals surface area contributed by atoms with Crippen molar-refractivity contribution in [1.82, 2.24) is 14.9 Å². The van der Waals surface area contributed by atoms with Crippen LogP contribution in [0.1, 0.15) is 31.2 Å². The van der Waals surface area contributed by atoms with Crippen molar-refractivity contribution in [2.24, 2.45) is 0 Å². The predicted molar refractivity (Wildman–Crippen MR) is 83.7 cm³/mol. The van der Waals surface area contributed by atoms with Gasteiger partial charge in [-0.3, -0.25) is 0 Å². The van der Waals surface area contributed by atoms with Gasteiger partial charge in [-0.05, 0) is 44.3 Å². The summed E-state index contributed by atoms with van der Waals surface area (Å²) in [4.78, 5) is 4.05. The van der Waals surface area contributed by atoms with Crippen molar-refractivity contribution in [3.63, 3.8) is 0 Å². The maximum Gasteiger partial charge on any atom is 0.0945 e. The second kappa shape index (κ2) is 9.32. The number of unbranched alkanes of at least 4 members (excludes halogenated alkanes) is 2. The van der Waals surface area contributed by atoms with E-state index in [0.717, 1.165) is 19.6 Å². The Morgan fingerprint density at radius 2 is 1.80 bits per heavy atom. The summed E-state index contributed by atoms with van der Waals surface area (Å²) >= 11 is 0. The molecule has 0 saturated heterocycles. The average molecular weight is 271 g/mol. The van der Waals surface area contributed by atoms with Crippen LogP contribution in [0, 0.1) is 0 Å². The number of rotatable bonds is 10. The Morgan fingerprint density at radius 1 is 0.950 bits per heavy atom. The lowest BCUT2D eigenvalue weighted by Crippen LogP contribution is -2.17. The molecule has 3 heteroatoms. The highest BCUT2D eigenvalue weighted by Crippen LogP contribution is 2.02. The third-order valence-corrected chi connectivity index (χ3v) is 3.49. The second-order valence-corrected chi connectivity index (χ2v) is 5.20. The summed E-state index contributed by atoms with van der Waals surface area (Å²) in [5, 5.41) is 3.53. The van der Waals surface area contributed by atoms with Crippen LogP contribution in [0.25, 0.3) is 0 Å². The normalized spacial score (nSPS) is 10.8. The second-order valence-electron chi connectivity index (χ2n) is 5.20. The van der Waals surface area contributed by atoms with Crippen LogP contribution in [-0.4, -0.2) is 22.6 Å². The zero-order chi connectivity index (χ0) is 13.9. The first-order chi connectivity index (χ1) is 9.95. The van der Waals surface area contributed by atoms with E-state index in [-0.39, 0.29) is 0 Å². The fourth-order valence-corrected chi connectivity index (χ4v) is 2.33. The van der Waals surface area contributed by atoms with E-state index in [0.29, 0.717) is 0 Å². The summed E-state index contributed by atoms with van der Waals surface area (Å²) < 4.78 is 2.15. The lowest BCUT2D eigenvalue weighted by Gasteiger charge is -2.05. The average Bonchev–Trinajstić information content (AvgIpc) is 3.00. The molecule has 0 aliphatic carbocycles. The number of aromatic nitrogens is 2. The standard InChI is InChI=1S/C17H25N3/c1-3-8-17(9-4-1)10-7-12-18-11-5-2-6-14-20-15-13-19-16-20/h1,3-4,8-9,13,15-16,18H,2,5-7,10-12,14H2. The third kappa shape index (κ3) is 6.02. The number of hydrogen-bond acceptors (Lipinski definition) is 2. The van der Waals surface area contributed by atoms with Crippen molar-refractivity contribution in [3.8, 4) is 0 Å². The summed E-state index contributed by atoms with van der Waals surface area (Å²) in [6.45, 7) is 3.35. The van der Waals surface area contributed by atoms with E-state index >= 15 is 0 Å². The van der Waals surface area contributed by atoms with Gasteiger partial charge in [-0.15, -0.1) is 0 Å². The molecule has 1 aromatic heterocycles. The van der Waals surface area contributed by atoms with E-state index < -0.39 is 0 Å². The van der Waals surface area contributed by atoms with Crippen LogP contribution < -0.4 is 5.32 Å². The van der Waals surface area contributed by atoms with Crippen LogP contribution in [0.3, 0.4) is 0 Å². The minimum Gasteiger partial charge on any atom is -0.337 e. The van der Waals surface area contributed by atoms with Gasteiger partial charge in [0.2, 0.25) is 0 Å². The van der Waals surface area contributed by atoms with Crippen LogP contribution in [0.2, 0.25) is 0 Å². The van der Waals surface area contributed by atoms with E-state index in [1.165, 1.54) is 37.7 Å². The predicted octanol–water partition coefficient (Wildman–Crippen LogP) is 3.28. The van der Waals surface area contributed by atoms with E-state index in [1.54, 1.807) is 0 Å². The number of aryl methyl sites for hydroxylation is 2. The lowest BCUT2D eigenvalue weighted by atomic mass is 10.1. The molecule has 0 bridgehead atoms. The molecule has 0 radical (unpaired) electrons. The number of hydrogen-bond donors (Lipinski definition) is 1. The molecule has 1 aromatic carbocycles. The summed E-state index contributed by atoms with van der Waals surface area (Å²) in [5.74, 6) is 0. The molecule has 0 saturated carbocycles. The Morgan fingerprint density at radius 3 is 2.60 bits per heavy atom. The molecule has 0 unspecified atom stereocenters. The molecular weight excluding hydrogens is 246 g/mol. The first-order valence-corrected chi connectivity index (χ1v) is 7.65. The van der Waals surface area contributed by atoms with Crippen molar-refractivity contribution < 1.29 is 0 Å². The zero-order valence-corrected chi connectivity index (χ0v) is 12.2. The molecule has 108 valence electrons. The summed E-state index contributed by atoms with van der Waals surface area (Å²) in [5.41, 5.74) is 1.44. The Kier molecular flexibility index (Phi) is 6.89. The van der Waals surface area contributed by atoms with Crippen molar-refractivity contribution in [2.75, 3.05) is 13.1 Å². The molecule has 1 heterocycles. The SMILES string of the molecule is c1ccc(CCCNCCCCCn2ccnc2)cc1. The van der Waals surface area contributed by atoms with Gasteiger partial charge in [0.25, 0.3) is 0 Å². The van der Waals surface area contributed by atoms with Crippen molar-refractivity contribution in [2.45, 2.75) is 38.6 Å². The lowest BCUT2D eigenvalue weighted by molar-refractivity contribution is 0.553. The van der Waals surface area contributed by atoms with Crippen molar-refractivity contribution >= 4 is 0 Å². The highest BCUT2D eigenvalue weighted by Gasteiger charge is 1.94. The Bertz CT molecular complexity index is 437. The van der Waals surface area contributed by atoms with Crippen LogP contribution in [0.4, 0.5) is 0 Å². The fourth-order valence-electron chi connectivity index (χ4n) is 2.33. The first kappa shape index (κ1) is 14.8. The van der Waals surface area contributed by atoms with Crippen molar-refractivity contribution in [1.29, 1.82) is 0 Å². The van der Waals surface area contributed by atoms with Crippen LogP contribution in [0.15, 0.2) is 49.1 Å². The van der Waals surface area contributed by atoms with Gasteiger partial charge < -0.3 is 9.88 Å². The van der Waals surface area contributed by atoms with E-state index in [9.17, 15) is 0 Å². The topological polar surface area (TPSA) is 29.9 Å². The molecule has 1 N–H and O–H groups in total. The van der Waals surface area contributed by atoms with Crippen LogP contribution in [0.5, 0.6) is 0 Å². The van der Waals surface area contributed by atoms with Gasteiger partial charge in [0.1, 0.15) is 0 Å². The maximum absolute atomic E-state index is 4.05. The largest absolute Gasteiger partial charge is 0.337 e. The van der Waals surface area contributed by atoms with Gasteiger partial charge in [-0.2, -0.15) is 0 Å². The molecular formula is C17H25N3. The number of benzene rings is 1. The smallest absolute Gasteiger partial charge is 0.0945 e. The third-order valence-electron chi connectivity index (χ3n) is 3.49. The van der Waals surface area contributed by atoms with Gasteiger partial charge in [-0.1, -0.05) is 36.8 Å². The van der Waals surface area contributed by atoms with Gasteiger partial charge in [0, 0.05) is 18.9 Å². The maximum atomic E-state index is 4.05. The van der Waals surface area contributed by atoms with E-state index in [4.69, 9.17) is 0 Å². The highest BCUT2D eigenvalue weighted by molar-refractivity contribution is 5.14. The molecule has 0 aliphatic rings. The van der Waals surface area contributed by atoms with Gasteiger partial charge in [0.15, 0.2) is 0 Å². The summed E-state index contributed by atoms with van der Waals surface area (Å²) in [6, 6.07) is 10.7. The van der Waals surface area contributed by atoms with E-state index in [2.05, 4.69) is 45.2 Å². The Hall–Kier alpha value is -1.61. The van der Waals surface area contributed by atoms with Crippen LogP contribution in [-0.2, 0) is 13.0 Å². The quantitative estimate of drug-likeness (QED) is 0.672. The molecule has 0 fully saturated rings.